The molecule has 0 saturated carbocycles. The van der Waals surface area contributed by atoms with E-state index in [4.69, 9.17) is 28.6 Å². The summed E-state index contributed by atoms with van der Waals surface area (Å²) in [5.74, 6) is 0. The van der Waals surface area contributed by atoms with Gasteiger partial charge in [-0.25, -0.2) is 4.68 Å². The lowest BCUT2D eigenvalue weighted by molar-refractivity contribution is 0.0792. The Morgan fingerprint density at radius 2 is 2.20 bits per heavy atom. The molecule has 7 heteroatoms. The summed E-state index contributed by atoms with van der Waals surface area (Å²) in [6, 6.07) is 7.35. The van der Waals surface area contributed by atoms with Crippen molar-refractivity contribution in [1.29, 1.82) is 0 Å². The van der Waals surface area contributed by atoms with Gasteiger partial charge in [-0.3, -0.25) is 0 Å². The van der Waals surface area contributed by atoms with E-state index in [9.17, 15) is 0 Å². The Balaban J connectivity index is 1.89. The van der Waals surface area contributed by atoms with E-state index in [1.54, 1.807) is 23.0 Å². The van der Waals surface area contributed by atoms with E-state index in [0.717, 1.165) is 11.4 Å². The first-order chi connectivity index (χ1) is 9.67. The van der Waals surface area contributed by atoms with Crippen molar-refractivity contribution < 1.29 is 4.74 Å². The van der Waals surface area contributed by atoms with Crippen LogP contribution >= 0.6 is 23.8 Å². The zero-order valence-electron chi connectivity index (χ0n) is 11.0. The molecule has 5 nitrogen and oxygen atoms in total. The number of hydrogen-bond donors (Lipinski definition) is 2. The van der Waals surface area contributed by atoms with Crippen molar-refractivity contribution in [2.75, 3.05) is 17.2 Å². The van der Waals surface area contributed by atoms with Crippen LogP contribution in [0.5, 0.6) is 0 Å². The average molecular weight is 311 g/mol. The smallest absolute Gasteiger partial charge is 0.175 e. The molecule has 0 saturated heterocycles. The van der Waals surface area contributed by atoms with Crippen LogP contribution in [0.1, 0.15) is 6.92 Å². The Morgan fingerprint density at radius 1 is 1.40 bits per heavy atom. The second-order valence-electron chi connectivity index (χ2n) is 3.98. The van der Waals surface area contributed by atoms with Crippen LogP contribution in [-0.4, -0.2) is 21.5 Å². The van der Waals surface area contributed by atoms with E-state index < -0.39 is 0 Å². The number of halogens is 1. The van der Waals surface area contributed by atoms with Crippen molar-refractivity contribution in [2.24, 2.45) is 0 Å². The Bertz CT molecular complexity index is 587. The molecular formula is C13H15ClN4OS. The molecule has 2 N–H and O–H groups in total. The summed E-state index contributed by atoms with van der Waals surface area (Å²) >= 11 is 11.1. The molecule has 0 amide bonds. The van der Waals surface area contributed by atoms with Crippen LogP contribution in [0.4, 0.5) is 11.4 Å². The van der Waals surface area contributed by atoms with Crippen molar-refractivity contribution in [3.63, 3.8) is 0 Å². The van der Waals surface area contributed by atoms with Gasteiger partial charge in [-0.1, -0.05) is 17.7 Å². The van der Waals surface area contributed by atoms with Crippen molar-refractivity contribution in [1.82, 2.24) is 9.78 Å². The molecule has 0 fully saturated rings. The van der Waals surface area contributed by atoms with Crippen LogP contribution in [0.15, 0.2) is 36.7 Å². The Morgan fingerprint density at radius 3 is 2.95 bits per heavy atom. The third-order valence-corrected chi connectivity index (χ3v) is 2.84. The van der Waals surface area contributed by atoms with E-state index in [1.807, 2.05) is 25.3 Å². The van der Waals surface area contributed by atoms with E-state index in [-0.39, 0.29) is 0 Å². The van der Waals surface area contributed by atoms with Crippen LogP contribution in [-0.2, 0) is 11.5 Å². The van der Waals surface area contributed by atoms with Crippen molar-refractivity contribution in [3.05, 3.63) is 41.7 Å². The van der Waals surface area contributed by atoms with Gasteiger partial charge in [0.15, 0.2) is 5.11 Å². The Labute approximate surface area is 127 Å². The number of anilines is 2. The fourth-order valence-corrected chi connectivity index (χ4v) is 1.97. The third kappa shape index (κ3) is 4.48. The molecule has 0 spiro atoms. The van der Waals surface area contributed by atoms with Gasteiger partial charge in [0.05, 0.1) is 18.1 Å². The zero-order chi connectivity index (χ0) is 14.4. The standard InChI is InChI=1S/C13H15ClN4OS/c1-2-19-9-18-8-12(7-15-18)17-13(20)16-11-5-3-4-10(14)6-11/h3-8H,2,9H2,1H3,(H2,16,17,20). The number of thiocarbonyl (C=S) groups is 1. The summed E-state index contributed by atoms with van der Waals surface area (Å²) in [6.45, 7) is 3.01. The van der Waals surface area contributed by atoms with Crippen LogP contribution in [0.3, 0.4) is 0 Å². The van der Waals surface area contributed by atoms with Crippen molar-refractivity contribution >= 4 is 40.3 Å². The van der Waals surface area contributed by atoms with Gasteiger partial charge in [0, 0.05) is 17.3 Å². The number of benzene rings is 1. The molecule has 0 unspecified atom stereocenters. The lowest BCUT2D eigenvalue weighted by Gasteiger charge is -2.08. The monoisotopic (exact) mass is 310 g/mol. The highest BCUT2D eigenvalue weighted by Crippen LogP contribution is 2.15. The minimum atomic E-state index is 0.423. The van der Waals surface area contributed by atoms with E-state index >= 15 is 0 Å². The second-order valence-corrected chi connectivity index (χ2v) is 4.82. The fourth-order valence-electron chi connectivity index (χ4n) is 1.54. The van der Waals surface area contributed by atoms with E-state index in [1.165, 1.54) is 0 Å². The molecule has 1 heterocycles. The molecule has 0 radical (unpaired) electrons. The van der Waals surface area contributed by atoms with Gasteiger partial charge in [0.25, 0.3) is 0 Å². The normalized spacial score (nSPS) is 10.3. The number of hydrogen-bond acceptors (Lipinski definition) is 3. The summed E-state index contributed by atoms with van der Waals surface area (Å²) in [4.78, 5) is 0. The van der Waals surface area contributed by atoms with Gasteiger partial charge < -0.3 is 15.4 Å². The van der Waals surface area contributed by atoms with Gasteiger partial charge in [0.1, 0.15) is 6.73 Å². The molecule has 20 heavy (non-hydrogen) atoms. The number of rotatable bonds is 5. The number of nitrogens with zero attached hydrogens (tertiary/aromatic N) is 2. The third-order valence-electron chi connectivity index (χ3n) is 2.40. The largest absolute Gasteiger partial charge is 0.360 e. The minimum absolute atomic E-state index is 0.423. The van der Waals surface area contributed by atoms with Gasteiger partial charge in [-0.2, -0.15) is 5.10 Å². The SMILES string of the molecule is CCOCn1cc(NC(=S)Nc2cccc(Cl)c2)cn1. The van der Waals surface area contributed by atoms with E-state index in [0.29, 0.717) is 23.5 Å². The van der Waals surface area contributed by atoms with Gasteiger partial charge in [-0.15, -0.1) is 0 Å². The highest BCUT2D eigenvalue weighted by molar-refractivity contribution is 7.80. The summed E-state index contributed by atoms with van der Waals surface area (Å²) in [5.41, 5.74) is 1.63. The number of nitrogens with one attached hydrogen (secondary N) is 2. The Kier molecular flexibility index (Phi) is 5.34. The van der Waals surface area contributed by atoms with Crippen molar-refractivity contribution in [3.8, 4) is 0 Å². The maximum absolute atomic E-state index is 5.91. The first-order valence-corrected chi connectivity index (χ1v) is 6.90. The van der Waals surface area contributed by atoms with E-state index in [2.05, 4.69) is 15.7 Å². The predicted octanol–water partition coefficient (Wildman–Crippen LogP) is 3.34. The quantitative estimate of drug-likeness (QED) is 0.830. The van der Waals surface area contributed by atoms with Crippen LogP contribution in [0.25, 0.3) is 0 Å². The topological polar surface area (TPSA) is 51.1 Å². The summed E-state index contributed by atoms with van der Waals surface area (Å²) in [7, 11) is 0. The van der Waals surface area contributed by atoms with Crippen molar-refractivity contribution in [2.45, 2.75) is 13.7 Å². The highest BCUT2D eigenvalue weighted by atomic mass is 35.5. The average Bonchev–Trinajstić information content (AvgIpc) is 2.83. The first kappa shape index (κ1) is 14.8. The molecule has 0 aliphatic heterocycles. The van der Waals surface area contributed by atoms with Gasteiger partial charge in [-0.05, 0) is 37.3 Å². The minimum Gasteiger partial charge on any atom is -0.360 e. The molecule has 2 aromatic rings. The molecule has 0 aliphatic carbocycles. The molecule has 0 aliphatic rings. The summed E-state index contributed by atoms with van der Waals surface area (Å²) in [5, 5.41) is 11.4. The van der Waals surface area contributed by atoms with Crippen LogP contribution < -0.4 is 10.6 Å². The molecular weight excluding hydrogens is 296 g/mol. The first-order valence-electron chi connectivity index (χ1n) is 6.11. The number of aromatic nitrogens is 2. The predicted molar refractivity (Wildman–Crippen MR) is 85.1 cm³/mol. The van der Waals surface area contributed by atoms with Gasteiger partial charge >= 0.3 is 0 Å². The summed E-state index contributed by atoms with van der Waals surface area (Å²) < 4.78 is 6.94. The zero-order valence-corrected chi connectivity index (χ0v) is 12.5. The van der Waals surface area contributed by atoms with Crippen LogP contribution in [0.2, 0.25) is 5.02 Å². The molecule has 1 aromatic heterocycles. The molecule has 2 rings (SSSR count). The number of ether oxygens (including phenoxy) is 1. The Hall–Kier alpha value is -1.63. The molecule has 106 valence electrons. The maximum Gasteiger partial charge on any atom is 0.175 e. The molecule has 1 aromatic carbocycles. The maximum atomic E-state index is 5.91. The molecule has 0 atom stereocenters. The van der Waals surface area contributed by atoms with Gasteiger partial charge in [0.2, 0.25) is 0 Å². The summed E-state index contributed by atoms with van der Waals surface area (Å²) in [6.07, 6.45) is 3.51. The lowest BCUT2D eigenvalue weighted by atomic mass is 10.3. The fraction of sp³-hybridized carbons (Fsp3) is 0.231. The lowest BCUT2D eigenvalue weighted by Crippen LogP contribution is -2.18. The molecule has 0 bridgehead atoms. The second kappa shape index (κ2) is 7.23. The highest BCUT2D eigenvalue weighted by Gasteiger charge is 2.02. The van der Waals surface area contributed by atoms with Crippen LogP contribution in [0, 0.1) is 0 Å².